The molecule has 0 radical (unpaired) electrons. The fourth-order valence-electron chi connectivity index (χ4n) is 2.39. The molecule has 0 fully saturated rings. The molecule has 0 saturated heterocycles. The third kappa shape index (κ3) is 3.08. The lowest BCUT2D eigenvalue weighted by Crippen LogP contribution is -2.27. The Labute approximate surface area is 131 Å². The lowest BCUT2D eigenvalue weighted by Gasteiger charge is -2.28. The summed E-state index contributed by atoms with van der Waals surface area (Å²) >= 11 is 0. The smallest absolute Gasteiger partial charge is 0.165 e. The van der Waals surface area contributed by atoms with Crippen LogP contribution in [0.25, 0.3) is 6.08 Å². The van der Waals surface area contributed by atoms with Crippen molar-refractivity contribution in [1.29, 1.82) is 0 Å². The van der Waals surface area contributed by atoms with E-state index in [-0.39, 0.29) is 5.60 Å². The number of ether oxygens (including phenoxy) is 3. The summed E-state index contributed by atoms with van der Waals surface area (Å²) in [6.45, 7) is 4.55. The Bertz CT molecular complexity index is 687. The van der Waals surface area contributed by atoms with Crippen LogP contribution < -0.4 is 14.2 Å². The molecular formula is C19H20O3. The number of fused-ring (bicyclic) bond motifs is 1. The predicted octanol–water partition coefficient (Wildman–Crippen LogP) is 4.46. The van der Waals surface area contributed by atoms with Crippen molar-refractivity contribution in [3.8, 4) is 17.2 Å². The van der Waals surface area contributed by atoms with Crippen molar-refractivity contribution in [2.45, 2.75) is 26.1 Å². The summed E-state index contributed by atoms with van der Waals surface area (Å²) in [6, 6.07) is 13.9. The van der Waals surface area contributed by atoms with Crippen molar-refractivity contribution in [3.05, 3.63) is 59.7 Å². The molecule has 1 aliphatic rings. The van der Waals surface area contributed by atoms with Gasteiger partial charge in [0.15, 0.2) is 11.5 Å². The van der Waals surface area contributed by atoms with Crippen LogP contribution >= 0.6 is 0 Å². The highest BCUT2D eigenvalue weighted by Gasteiger charge is 2.23. The van der Waals surface area contributed by atoms with Crippen molar-refractivity contribution in [2.24, 2.45) is 0 Å². The van der Waals surface area contributed by atoms with Gasteiger partial charge in [0.05, 0.1) is 7.11 Å². The van der Waals surface area contributed by atoms with Crippen LogP contribution in [0, 0.1) is 0 Å². The molecule has 0 N–H and O–H groups in total. The zero-order valence-corrected chi connectivity index (χ0v) is 13.1. The SMILES string of the molecule is COc1cc2c(cc1OCc1ccccc1)OC(C)(C)C=C2. The van der Waals surface area contributed by atoms with Crippen LogP contribution in [-0.2, 0) is 6.61 Å². The van der Waals surface area contributed by atoms with Crippen LogP contribution in [0.5, 0.6) is 17.2 Å². The van der Waals surface area contributed by atoms with E-state index < -0.39 is 0 Å². The molecule has 0 aliphatic carbocycles. The van der Waals surface area contributed by atoms with Gasteiger partial charge in [0.1, 0.15) is 18.0 Å². The van der Waals surface area contributed by atoms with E-state index in [4.69, 9.17) is 14.2 Å². The maximum Gasteiger partial charge on any atom is 0.165 e. The van der Waals surface area contributed by atoms with Gasteiger partial charge in [-0.25, -0.2) is 0 Å². The van der Waals surface area contributed by atoms with Gasteiger partial charge in [-0.05, 0) is 31.6 Å². The van der Waals surface area contributed by atoms with Crippen LogP contribution in [-0.4, -0.2) is 12.7 Å². The summed E-state index contributed by atoms with van der Waals surface area (Å²) < 4.78 is 17.3. The lowest BCUT2D eigenvalue weighted by atomic mass is 10.0. The summed E-state index contributed by atoms with van der Waals surface area (Å²) in [5.41, 5.74) is 1.81. The van der Waals surface area contributed by atoms with Crippen LogP contribution in [0.15, 0.2) is 48.5 Å². The maximum atomic E-state index is 5.99. The fraction of sp³-hybridized carbons (Fsp3) is 0.263. The average molecular weight is 296 g/mol. The van der Waals surface area contributed by atoms with Gasteiger partial charge in [-0.2, -0.15) is 0 Å². The van der Waals surface area contributed by atoms with Gasteiger partial charge in [0.2, 0.25) is 0 Å². The first kappa shape index (κ1) is 14.5. The molecule has 22 heavy (non-hydrogen) atoms. The Morgan fingerprint density at radius 1 is 1.05 bits per heavy atom. The van der Waals surface area contributed by atoms with Crippen LogP contribution in [0.2, 0.25) is 0 Å². The average Bonchev–Trinajstić information content (AvgIpc) is 2.52. The second-order valence-corrected chi connectivity index (χ2v) is 5.85. The highest BCUT2D eigenvalue weighted by molar-refractivity contribution is 5.66. The second kappa shape index (κ2) is 5.76. The molecule has 1 heterocycles. The zero-order chi connectivity index (χ0) is 15.6. The summed E-state index contributed by atoms with van der Waals surface area (Å²) in [6.07, 6.45) is 4.10. The normalized spacial score (nSPS) is 14.9. The molecule has 2 aromatic rings. The number of methoxy groups -OCH3 is 1. The van der Waals surface area contributed by atoms with E-state index in [9.17, 15) is 0 Å². The molecule has 0 unspecified atom stereocenters. The molecule has 1 aliphatic heterocycles. The van der Waals surface area contributed by atoms with Crippen LogP contribution in [0.4, 0.5) is 0 Å². The Balaban J connectivity index is 1.86. The molecule has 0 amide bonds. The molecule has 0 saturated carbocycles. The van der Waals surface area contributed by atoms with E-state index in [1.54, 1.807) is 7.11 Å². The Hall–Kier alpha value is -2.42. The van der Waals surface area contributed by atoms with Crippen molar-refractivity contribution in [1.82, 2.24) is 0 Å². The molecule has 114 valence electrons. The van der Waals surface area contributed by atoms with E-state index in [1.165, 1.54) is 0 Å². The minimum Gasteiger partial charge on any atom is -0.493 e. The quantitative estimate of drug-likeness (QED) is 0.833. The fourth-order valence-corrected chi connectivity index (χ4v) is 2.39. The Morgan fingerprint density at radius 3 is 2.55 bits per heavy atom. The molecule has 0 spiro atoms. The first-order chi connectivity index (χ1) is 10.6. The molecule has 0 atom stereocenters. The van der Waals surface area contributed by atoms with Gasteiger partial charge in [-0.15, -0.1) is 0 Å². The molecular weight excluding hydrogens is 276 g/mol. The Kier molecular flexibility index (Phi) is 3.80. The third-order valence-corrected chi connectivity index (χ3v) is 3.57. The summed E-state index contributed by atoms with van der Waals surface area (Å²) in [5, 5.41) is 0. The minimum atomic E-state index is -0.307. The molecule has 3 rings (SSSR count). The van der Waals surface area contributed by atoms with Crippen molar-refractivity contribution in [2.75, 3.05) is 7.11 Å². The topological polar surface area (TPSA) is 27.7 Å². The van der Waals surface area contributed by atoms with Crippen LogP contribution in [0.3, 0.4) is 0 Å². The van der Waals surface area contributed by atoms with Crippen LogP contribution in [0.1, 0.15) is 25.0 Å². The number of benzene rings is 2. The van der Waals surface area contributed by atoms with E-state index in [0.29, 0.717) is 18.1 Å². The summed E-state index contributed by atoms with van der Waals surface area (Å²) in [7, 11) is 1.65. The van der Waals surface area contributed by atoms with Gasteiger partial charge in [-0.3, -0.25) is 0 Å². The molecule has 0 aromatic heterocycles. The van der Waals surface area contributed by atoms with E-state index in [1.807, 2.05) is 62.4 Å². The zero-order valence-electron chi connectivity index (χ0n) is 13.1. The molecule has 3 nitrogen and oxygen atoms in total. The van der Waals surface area contributed by atoms with Crippen molar-refractivity contribution < 1.29 is 14.2 Å². The summed E-state index contributed by atoms with van der Waals surface area (Å²) in [5.74, 6) is 2.22. The monoisotopic (exact) mass is 296 g/mol. The van der Waals surface area contributed by atoms with E-state index >= 15 is 0 Å². The van der Waals surface area contributed by atoms with Gasteiger partial charge >= 0.3 is 0 Å². The number of rotatable bonds is 4. The van der Waals surface area contributed by atoms with Crippen molar-refractivity contribution >= 4 is 6.08 Å². The van der Waals surface area contributed by atoms with Crippen molar-refractivity contribution in [3.63, 3.8) is 0 Å². The molecule has 3 heteroatoms. The maximum absolute atomic E-state index is 5.99. The van der Waals surface area contributed by atoms with Gasteiger partial charge in [-0.1, -0.05) is 36.4 Å². The first-order valence-corrected chi connectivity index (χ1v) is 7.34. The van der Waals surface area contributed by atoms with E-state index in [2.05, 4.69) is 6.08 Å². The third-order valence-electron chi connectivity index (χ3n) is 3.57. The highest BCUT2D eigenvalue weighted by Crippen LogP contribution is 2.39. The molecule has 0 bridgehead atoms. The van der Waals surface area contributed by atoms with Gasteiger partial charge < -0.3 is 14.2 Å². The largest absolute Gasteiger partial charge is 0.493 e. The first-order valence-electron chi connectivity index (χ1n) is 7.34. The minimum absolute atomic E-state index is 0.307. The van der Waals surface area contributed by atoms with Gasteiger partial charge in [0, 0.05) is 11.6 Å². The number of hydrogen-bond acceptors (Lipinski definition) is 3. The summed E-state index contributed by atoms with van der Waals surface area (Å²) in [4.78, 5) is 0. The van der Waals surface area contributed by atoms with E-state index in [0.717, 1.165) is 16.9 Å². The standard InChI is InChI=1S/C19H20O3/c1-19(2)10-9-15-11-17(20-3)18(12-16(15)22-19)21-13-14-7-5-4-6-8-14/h4-12H,13H2,1-3H3. The highest BCUT2D eigenvalue weighted by atomic mass is 16.5. The molecule has 2 aromatic carbocycles. The Morgan fingerprint density at radius 2 is 1.82 bits per heavy atom. The van der Waals surface area contributed by atoms with Gasteiger partial charge in [0.25, 0.3) is 0 Å². The predicted molar refractivity (Wildman–Crippen MR) is 87.5 cm³/mol. The second-order valence-electron chi connectivity index (χ2n) is 5.85. The lowest BCUT2D eigenvalue weighted by molar-refractivity contribution is 0.157. The number of hydrogen-bond donors (Lipinski definition) is 0.